The normalized spacial score (nSPS) is 13.8. The van der Waals surface area contributed by atoms with Crippen LogP contribution in [0.3, 0.4) is 0 Å². The second kappa shape index (κ2) is 8.32. The maximum absolute atomic E-state index is 6.18. The molecule has 1 aromatic heterocycles. The average Bonchev–Trinajstić information content (AvgIpc) is 2.61. The molecular formula is C20H30N2O2. The SMILES string of the molecule is CC[C@H](C)COc1c(OC[C@@H](C)CC)c(C)c2nccnc2c1C. The van der Waals surface area contributed by atoms with E-state index in [0.717, 1.165) is 46.5 Å². The lowest BCUT2D eigenvalue weighted by atomic mass is 10.1. The van der Waals surface area contributed by atoms with E-state index in [4.69, 9.17) is 9.47 Å². The van der Waals surface area contributed by atoms with Gasteiger partial charge in [-0.25, -0.2) is 0 Å². The molecule has 0 spiro atoms. The Morgan fingerprint density at radius 2 is 1.17 bits per heavy atom. The van der Waals surface area contributed by atoms with E-state index in [-0.39, 0.29) is 0 Å². The molecule has 0 radical (unpaired) electrons. The summed E-state index contributed by atoms with van der Waals surface area (Å²) in [6.07, 6.45) is 5.64. The molecule has 2 aromatic rings. The van der Waals surface area contributed by atoms with E-state index in [1.165, 1.54) is 0 Å². The molecule has 0 aliphatic heterocycles. The Morgan fingerprint density at radius 1 is 0.792 bits per heavy atom. The van der Waals surface area contributed by atoms with Crippen LogP contribution in [0.15, 0.2) is 12.4 Å². The molecule has 0 saturated heterocycles. The summed E-state index contributed by atoms with van der Waals surface area (Å²) in [5.41, 5.74) is 3.80. The number of aromatic nitrogens is 2. The number of benzene rings is 1. The minimum Gasteiger partial charge on any atom is -0.489 e. The summed E-state index contributed by atoms with van der Waals surface area (Å²) in [6, 6.07) is 0. The number of nitrogens with zero attached hydrogens (tertiary/aromatic N) is 2. The third-order valence-electron chi connectivity index (χ3n) is 4.71. The summed E-state index contributed by atoms with van der Waals surface area (Å²) in [7, 11) is 0. The van der Waals surface area contributed by atoms with Crippen molar-refractivity contribution in [3.05, 3.63) is 23.5 Å². The van der Waals surface area contributed by atoms with Crippen molar-refractivity contribution in [1.29, 1.82) is 0 Å². The first-order valence-electron chi connectivity index (χ1n) is 8.98. The van der Waals surface area contributed by atoms with Crippen LogP contribution >= 0.6 is 0 Å². The van der Waals surface area contributed by atoms with Crippen LogP contribution < -0.4 is 9.47 Å². The maximum Gasteiger partial charge on any atom is 0.166 e. The second-order valence-electron chi connectivity index (χ2n) is 6.81. The molecule has 0 aliphatic carbocycles. The van der Waals surface area contributed by atoms with Crippen LogP contribution in [0.5, 0.6) is 11.5 Å². The zero-order valence-electron chi connectivity index (χ0n) is 15.8. The molecule has 132 valence electrons. The third kappa shape index (κ3) is 3.97. The maximum atomic E-state index is 6.18. The highest BCUT2D eigenvalue weighted by Gasteiger charge is 2.20. The Hall–Kier alpha value is -1.84. The summed E-state index contributed by atoms with van der Waals surface area (Å²) < 4.78 is 12.4. The summed E-state index contributed by atoms with van der Waals surface area (Å²) in [5.74, 6) is 2.66. The van der Waals surface area contributed by atoms with Gasteiger partial charge in [0.05, 0.1) is 24.2 Å². The fraction of sp³-hybridized carbons (Fsp3) is 0.600. The van der Waals surface area contributed by atoms with Crippen LogP contribution in [-0.4, -0.2) is 23.2 Å². The molecule has 0 amide bonds. The summed E-state index contributed by atoms with van der Waals surface area (Å²) in [5, 5.41) is 0. The number of hydrogen-bond donors (Lipinski definition) is 0. The predicted octanol–water partition coefficient (Wildman–Crippen LogP) is 5.10. The van der Waals surface area contributed by atoms with Crippen molar-refractivity contribution in [1.82, 2.24) is 9.97 Å². The highest BCUT2D eigenvalue weighted by Crippen LogP contribution is 2.40. The van der Waals surface area contributed by atoms with Crippen molar-refractivity contribution in [2.24, 2.45) is 11.8 Å². The van der Waals surface area contributed by atoms with Gasteiger partial charge in [-0.1, -0.05) is 40.5 Å². The van der Waals surface area contributed by atoms with Crippen molar-refractivity contribution in [3.63, 3.8) is 0 Å². The number of ether oxygens (including phenoxy) is 2. The van der Waals surface area contributed by atoms with E-state index >= 15 is 0 Å². The molecule has 0 N–H and O–H groups in total. The Labute approximate surface area is 145 Å². The van der Waals surface area contributed by atoms with E-state index in [2.05, 4.69) is 37.7 Å². The average molecular weight is 330 g/mol. The molecule has 0 bridgehead atoms. The lowest BCUT2D eigenvalue weighted by Gasteiger charge is -2.21. The lowest BCUT2D eigenvalue weighted by molar-refractivity contribution is 0.216. The second-order valence-corrected chi connectivity index (χ2v) is 6.81. The smallest absolute Gasteiger partial charge is 0.166 e. The minimum atomic E-state index is 0.504. The highest BCUT2D eigenvalue weighted by molar-refractivity contribution is 5.86. The third-order valence-corrected chi connectivity index (χ3v) is 4.71. The Kier molecular flexibility index (Phi) is 6.41. The lowest BCUT2D eigenvalue weighted by Crippen LogP contribution is -2.13. The number of aryl methyl sites for hydroxylation is 2. The Bertz CT molecular complexity index is 626. The number of rotatable bonds is 8. The fourth-order valence-corrected chi connectivity index (χ4v) is 2.48. The molecule has 1 aromatic carbocycles. The summed E-state index contributed by atoms with van der Waals surface area (Å²) in [6.45, 7) is 14.2. The van der Waals surface area contributed by atoms with Gasteiger partial charge in [-0.15, -0.1) is 0 Å². The molecule has 4 heteroatoms. The van der Waals surface area contributed by atoms with E-state index in [1.54, 1.807) is 12.4 Å². The summed E-state index contributed by atoms with van der Waals surface area (Å²) in [4.78, 5) is 9.01. The molecule has 0 unspecified atom stereocenters. The van der Waals surface area contributed by atoms with Crippen LogP contribution in [0.2, 0.25) is 0 Å². The molecule has 1 heterocycles. The predicted molar refractivity (Wildman–Crippen MR) is 98.9 cm³/mol. The van der Waals surface area contributed by atoms with Crippen molar-refractivity contribution >= 4 is 11.0 Å². The van der Waals surface area contributed by atoms with Crippen LogP contribution in [0, 0.1) is 25.7 Å². The van der Waals surface area contributed by atoms with Crippen molar-refractivity contribution in [2.75, 3.05) is 13.2 Å². The van der Waals surface area contributed by atoms with Gasteiger partial charge < -0.3 is 9.47 Å². The number of hydrogen-bond acceptors (Lipinski definition) is 4. The first-order chi connectivity index (χ1) is 11.5. The standard InChI is InChI=1S/C20H30N2O2/c1-7-13(3)11-23-19-15(5)17-18(22-10-9-21-17)16(6)20(19)24-12-14(4)8-2/h9-10,13-14H,7-8,11-12H2,1-6H3/t13-,14-/m0/s1. The van der Waals surface area contributed by atoms with Gasteiger partial charge in [0.2, 0.25) is 0 Å². The van der Waals surface area contributed by atoms with Gasteiger partial charge >= 0.3 is 0 Å². The van der Waals surface area contributed by atoms with Gasteiger partial charge in [-0.3, -0.25) is 9.97 Å². The van der Waals surface area contributed by atoms with Crippen LogP contribution in [0.4, 0.5) is 0 Å². The van der Waals surface area contributed by atoms with Gasteiger partial charge in [0.1, 0.15) is 0 Å². The Morgan fingerprint density at radius 3 is 1.50 bits per heavy atom. The van der Waals surface area contributed by atoms with Gasteiger partial charge in [-0.2, -0.15) is 0 Å². The quantitative estimate of drug-likeness (QED) is 0.675. The molecule has 0 saturated carbocycles. The molecular weight excluding hydrogens is 300 g/mol. The van der Waals surface area contributed by atoms with Crippen molar-refractivity contribution in [2.45, 2.75) is 54.4 Å². The molecule has 0 aliphatic rings. The monoisotopic (exact) mass is 330 g/mol. The Balaban J connectivity index is 2.47. The topological polar surface area (TPSA) is 44.2 Å². The first kappa shape index (κ1) is 18.5. The van der Waals surface area contributed by atoms with Crippen molar-refractivity contribution < 1.29 is 9.47 Å². The molecule has 2 atom stereocenters. The van der Waals surface area contributed by atoms with Gasteiger partial charge in [0.25, 0.3) is 0 Å². The van der Waals surface area contributed by atoms with Gasteiger partial charge in [-0.05, 0) is 25.7 Å². The minimum absolute atomic E-state index is 0.504. The van der Waals surface area contributed by atoms with E-state index in [1.807, 2.05) is 13.8 Å². The zero-order chi connectivity index (χ0) is 17.7. The van der Waals surface area contributed by atoms with Crippen LogP contribution in [0.1, 0.15) is 51.7 Å². The largest absolute Gasteiger partial charge is 0.489 e. The van der Waals surface area contributed by atoms with E-state index < -0.39 is 0 Å². The molecule has 0 fully saturated rings. The van der Waals surface area contributed by atoms with Gasteiger partial charge in [0, 0.05) is 23.5 Å². The van der Waals surface area contributed by atoms with Gasteiger partial charge in [0.15, 0.2) is 11.5 Å². The van der Waals surface area contributed by atoms with Crippen LogP contribution in [-0.2, 0) is 0 Å². The molecule has 2 rings (SSSR count). The zero-order valence-corrected chi connectivity index (χ0v) is 15.8. The van der Waals surface area contributed by atoms with E-state index in [9.17, 15) is 0 Å². The summed E-state index contributed by atoms with van der Waals surface area (Å²) >= 11 is 0. The van der Waals surface area contributed by atoms with Crippen LogP contribution in [0.25, 0.3) is 11.0 Å². The molecule has 4 nitrogen and oxygen atoms in total. The van der Waals surface area contributed by atoms with Crippen molar-refractivity contribution in [3.8, 4) is 11.5 Å². The molecule has 24 heavy (non-hydrogen) atoms. The van der Waals surface area contributed by atoms with E-state index in [0.29, 0.717) is 25.0 Å². The fourth-order valence-electron chi connectivity index (χ4n) is 2.48. The highest BCUT2D eigenvalue weighted by atomic mass is 16.5. The number of fused-ring (bicyclic) bond motifs is 1. The first-order valence-corrected chi connectivity index (χ1v) is 8.98.